The van der Waals surface area contributed by atoms with Gasteiger partial charge in [0, 0.05) is 80.1 Å². The van der Waals surface area contributed by atoms with Gasteiger partial charge in [-0.05, 0) is 63.7 Å². The van der Waals surface area contributed by atoms with E-state index in [0.29, 0.717) is 49.2 Å². The Labute approximate surface area is 228 Å². The van der Waals surface area contributed by atoms with Crippen LogP contribution in [0, 0.1) is 12.7 Å². The second kappa shape index (κ2) is 10.9. The van der Waals surface area contributed by atoms with Crippen molar-refractivity contribution in [2.75, 3.05) is 46.3 Å². The second-order valence-corrected chi connectivity index (χ2v) is 11.0. The zero-order valence-corrected chi connectivity index (χ0v) is 23.0. The van der Waals surface area contributed by atoms with E-state index in [4.69, 9.17) is 0 Å². The predicted octanol–water partition coefficient (Wildman–Crippen LogP) is 3.31. The van der Waals surface area contributed by atoms with Crippen molar-refractivity contribution >= 4 is 28.5 Å². The number of aryl methyl sites for hydroxylation is 1. The number of likely N-dealkylation sites (N-methyl/N-ethyl adjacent to an activating group) is 1. The number of fused-ring (bicyclic) bond motifs is 1. The van der Waals surface area contributed by atoms with Crippen LogP contribution in [0.4, 0.5) is 4.39 Å². The van der Waals surface area contributed by atoms with Crippen LogP contribution in [-0.4, -0.2) is 101 Å². The minimum absolute atomic E-state index is 0.0397. The average molecular weight is 534 g/mol. The van der Waals surface area contributed by atoms with Crippen molar-refractivity contribution in [2.45, 2.75) is 39.4 Å². The topological polar surface area (TPSA) is 80.0 Å². The highest BCUT2D eigenvalue weighted by Gasteiger charge is 2.34. The molecule has 1 aromatic heterocycles. The maximum Gasteiger partial charge on any atom is 0.295 e. The summed E-state index contributed by atoms with van der Waals surface area (Å²) in [7, 11) is 2.00. The lowest BCUT2D eigenvalue weighted by Crippen LogP contribution is -2.57. The highest BCUT2D eigenvalue weighted by atomic mass is 19.1. The summed E-state index contributed by atoms with van der Waals surface area (Å²) in [5.41, 5.74) is 3.36. The number of benzene rings is 2. The Morgan fingerprint density at radius 1 is 0.949 bits per heavy atom. The number of Topliss-reactive ketones (excluding diaryl/α,β-unsaturated/α-hetero) is 1. The monoisotopic (exact) mass is 533 g/mol. The molecule has 5 rings (SSSR count). The van der Waals surface area contributed by atoms with Crippen LogP contribution < -0.4 is 0 Å². The summed E-state index contributed by atoms with van der Waals surface area (Å²) in [6.45, 7) is 10.5. The van der Waals surface area contributed by atoms with Gasteiger partial charge in [0.1, 0.15) is 5.82 Å². The van der Waals surface area contributed by atoms with Crippen molar-refractivity contribution < 1.29 is 18.8 Å². The first-order chi connectivity index (χ1) is 18.6. The highest BCUT2D eigenvalue weighted by molar-refractivity contribution is 6.43. The molecule has 8 nitrogen and oxygen atoms in total. The maximum atomic E-state index is 13.9. The van der Waals surface area contributed by atoms with E-state index in [1.807, 2.05) is 25.8 Å². The van der Waals surface area contributed by atoms with Gasteiger partial charge in [-0.1, -0.05) is 12.1 Å². The number of carbonyl (C=O) groups is 3. The van der Waals surface area contributed by atoms with Gasteiger partial charge in [-0.3, -0.25) is 19.3 Å². The van der Waals surface area contributed by atoms with E-state index in [9.17, 15) is 18.8 Å². The number of carbonyl (C=O) groups excluding carboxylic acids is 3. The third kappa shape index (κ3) is 5.46. The van der Waals surface area contributed by atoms with Gasteiger partial charge < -0.3 is 19.7 Å². The Hall–Kier alpha value is -3.56. The van der Waals surface area contributed by atoms with Crippen LogP contribution in [0.5, 0.6) is 0 Å². The third-order valence-corrected chi connectivity index (χ3v) is 8.12. The second-order valence-electron chi connectivity index (χ2n) is 11.0. The molecule has 2 aromatic carbocycles. The summed E-state index contributed by atoms with van der Waals surface area (Å²) in [4.78, 5) is 51.2. The smallest absolute Gasteiger partial charge is 0.295 e. The average Bonchev–Trinajstić information content (AvgIpc) is 3.25. The van der Waals surface area contributed by atoms with Gasteiger partial charge in [0.05, 0.1) is 5.56 Å². The number of nitrogens with zero attached hydrogens (tertiary/aromatic N) is 4. The van der Waals surface area contributed by atoms with Gasteiger partial charge in [0.25, 0.3) is 11.8 Å². The molecule has 0 aliphatic carbocycles. The minimum atomic E-state index is -0.546. The molecule has 2 atom stereocenters. The Morgan fingerprint density at radius 3 is 2.33 bits per heavy atom. The Kier molecular flexibility index (Phi) is 7.55. The fourth-order valence-corrected chi connectivity index (χ4v) is 5.69. The molecule has 3 aromatic rings. The fourth-order valence-electron chi connectivity index (χ4n) is 5.69. The van der Waals surface area contributed by atoms with Crippen LogP contribution >= 0.6 is 0 Å². The molecule has 2 unspecified atom stereocenters. The number of hydrogen-bond acceptors (Lipinski definition) is 5. The molecule has 0 bridgehead atoms. The van der Waals surface area contributed by atoms with E-state index in [2.05, 4.69) is 21.7 Å². The molecule has 2 fully saturated rings. The van der Waals surface area contributed by atoms with Crippen LogP contribution in [0.15, 0.2) is 42.5 Å². The number of rotatable bonds is 5. The molecule has 9 heteroatoms. The number of H-pyrrole nitrogens is 1. The number of aromatic nitrogens is 1. The summed E-state index contributed by atoms with van der Waals surface area (Å²) in [5, 5.41) is 0.656. The summed E-state index contributed by atoms with van der Waals surface area (Å²) in [6.07, 6.45) is 0. The fraction of sp³-hybridized carbons (Fsp3) is 0.433. The molecule has 2 amide bonds. The third-order valence-electron chi connectivity index (χ3n) is 8.12. The Bertz CT molecular complexity index is 1390. The molecule has 39 heavy (non-hydrogen) atoms. The van der Waals surface area contributed by atoms with Gasteiger partial charge in [-0.2, -0.15) is 0 Å². The van der Waals surface area contributed by atoms with Crippen LogP contribution in [-0.2, 0) is 11.3 Å². The van der Waals surface area contributed by atoms with Crippen LogP contribution in [0.2, 0.25) is 0 Å². The minimum Gasteiger partial charge on any atom is -0.358 e. The molecule has 2 saturated heterocycles. The van der Waals surface area contributed by atoms with Crippen LogP contribution in [0.3, 0.4) is 0 Å². The molecule has 206 valence electrons. The lowest BCUT2D eigenvalue weighted by atomic mass is 10.0. The number of hydrogen-bond donors (Lipinski definition) is 1. The van der Waals surface area contributed by atoms with Crippen molar-refractivity contribution in [2.24, 2.45) is 0 Å². The number of amides is 2. The molecular formula is C30H36FN5O3. The molecule has 2 aliphatic heterocycles. The predicted molar refractivity (Wildman–Crippen MR) is 148 cm³/mol. The van der Waals surface area contributed by atoms with Crippen molar-refractivity contribution in [3.05, 3.63) is 70.7 Å². The SMILES string of the molecule is Cc1[nH]c2ccc(C(=O)C(=O)N3CCN(C)CC3)cc2c1C(=O)N1CC(C)N(Cc2ccc(F)cc2)CC1C. The van der Waals surface area contributed by atoms with Crippen molar-refractivity contribution in [1.82, 2.24) is 24.6 Å². The largest absolute Gasteiger partial charge is 0.358 e. The highest BCUT2D eigenvalue weighted by Crippen LogP contribution is 2.28. The van der Waals surface area contributed by atoms with Gasteiger partial charge in [-0.15, -0.1) is 0 Å². The van der Waals surface area contributed by atoms with Crippen LogP contribution in [0.25, 0.3) is 10.9 Å². The van der Waals surface area contributed by atoms with Crippen molar-refractivity contribution in [1.29, 1.82) is 0 Å². The zero-order chi connectivity index (χ0) is 27.8. The number of halogens is 1. The van der Waals surface area contributed by atoms with Gasteiger partial charge >= 0.3 is 0 Å². The van der Waals surface area contributed by atoms with E-state index in [-0.39, 0.29) is 23.8 Å². The molecule has 1 N–H and O–H groups in total. The molecule has 0 saturated carbocycles. The van der Waals surface area contributed by atoms with Gasteiger partial charge in [0.2, 0.25) is 5.78 Å². The quantitative estimate of drug-likeness (QED) is 0.402. The summed E-state index contributed by atoms with van der Waals surface area (Å²) in [6, 6.07) is 11.7. The molecule has 0 spiro atoms. The number of ketones is 1. The lowest BCUT2D eigenvalue weighted by molar-refractivity contribution is -0.127. The normalized spacial score (nSPS) is 20.9. The number of aromatic amines is 1. The summed E-state index contributed by atoms with van der Waals surface area (Å²) < 4.78 is 13.3. The number of nitrogens with one attached hydrogen (secondary N) is 1. The van der Waals surface area contributed by atoms with E-state index in [1.54, 1.807) is 35.2 Å². The summed E-state index contributed by atoms with van der Waals surface area (Å²) >= 11 is 0. The molecule has 3 heterocycles. The maximum absolute atomic E-state index is 13.9. The molecule has 2 aliphatic rings. The zero-order valence-electron chi connectivity index (χ0n) is 23.0. The van der Waals surface area contributed by atoms with Crippen molar-refractivity contribution in [3.63, 3.8) is 0 Å². The van der Waals surface area contributed by atoms with E-state index < -0.39 is 11.7 Å². The first kappa shape index (κ1) is 27.0. The van der Waals surface area contributed by atoms with E-state index >= 15 is 0 Å². The van der Waals surface area contributed by atoms with Crippen molar-refractivity contribution in [3.8, 4) is 0 Å². The van der Waals surface area contributed by atoms with E-state index in [0.717, 1.165) is 29.9 Å². The Morgan fingerprint density at radius 2 is 1.64 bits per heavy atom. The molecule has 0 radical (unpaired) electrons. The lowest BCUT2D eigenvalue weighted by Gasteiger charge is -2.44. The standard InChI is InChI=1S/C30H36FN5O3/c1-19-17-36(20(2)16-35(19)18-22-5-8-24(31)9-6-22)29(38)27-21(3)32-26-10-7-23(15-25(26)27)28(37)30(39)34-13-11-33(4)12-14-34/h5-10,15,19-20,32H,11-14,16-18H2,1-4H3. The van der Waals surface area contributed by atoms with Gasteiger partial charge in [0.15, 0.2) is 0 Å². The van der Waals surface area contributed by atoms with E-state index in [1.165, 1.54) is 12.1 Å². The van der Waals surface area contributed by atoms with Gasteiger partial charge in [-0.25, -0.2) is 4.39 Å². The first-order valence-corrected chi connectivity index (χ1v) is 13.6. The Balaban J connectivity index is 1.35. The van der Waals surface area contributed by atoms with Crippen LogP contribution in [0.1, 0.15) is 45.8 Å². The summed E-state index contributed by atoms with van der Waals surface area (Å²) in [5.74, 6) is -1.38. The first-order valence-electron chi connectivity index (χ1n) is 13.6. The number of piperazine rings is 2. The molecular weight excluding hydrogens is 497 g/mol.